The van der Waals surface area contributed by atoms with Crippen LogP contribution in [0.25, 0.3) is 21.9 Å². The Morgan fingerprint density at radius 1 is 1.20 bits per heavy atom. The van der Waals surface area contributed by atoms with Gasteiger partial charge in [-0.3, -0.25) is 0 Å². The lowest BCUT2D eigenvalue weighted by atomic mass is 10.1. The second kappa shape index (κ2) is 4.35. The Kier molecular flexibility index (Phi) is 2.76. The number of ether oxygens (including phenoxy) is 2. The zero-order chi connectivity index (χ0) is 14.4. The van der Waals surface area contributed by atoms with E-state index in [2.05, 4.69) is 0 Å². The summed E-state index contributed by atoms with van der Waals surface area (Å²) in [4.78, 5) is 11.6. The van der Waals surface area contributed by atoms with E-state index >= 15 is 0 Å². The molecule has 104 valence electrons. The molecule has 0 aliphatic heterocycles. The third-order valence-electron chi connectivity index (χ3n) is 3.00. The van der Waals surface area contributed by atoms with Crippen LogP contribution in [0.15, 0.2) is 26.0 Å². The van der Waals surface area contributed by atoms with Gasteiger partial charge in [0.1, 0.15) is 11.1 Å². The normalized spacial score (nSPS) is 11.2. The number of benzene rings is 1. The maximum Gasteiger partial charge on any atom is 0.359 e. The summed E-state index contributed by atoms with van der Waals surface area (Å²) in [6.07, 6.45) is 1.44. The third kappa shape index (κ3) is 1.48. The standard InChI is InChI=1S/C13H9ClO6/c1-17-9-5-3-4-19-10(5)12(18-2)11-6(9)8(15)7(14)13(16)20-11/h3-4,15H,1-2H3. The summed E-state index contributed by atoms with van der Waals surface area (Å²) in [6.45, 7) is 0. The first-order chi connectivity index (χ1) is 9.60. The number of hydrogen-bond donors (Lipinski definition) is 1. The first-order valence-corrected chi connectivity index (χ1v) is 5.94. The highest BCUT2D eigenvalue weighted by Crippen LogP contribution is 2.47. The Labute approximate surface area is 117 Å². The summed E-state index contributed by atoms with van der Waals surface area (Å²) in [7, 11) is 2.82. The van der Waals surface area contributed by atoms with Gasteiger partial charge in [0, 0.05) is 0 Å². The Hall–Kier alpha value is -2.34. The summed E-state index contributed by atoms with van der Waals surface area (Å²) in [5.74, 6) is 0.0498. The summed E-state index contributed by atoms with van der Waals surface area (Å²) in [6, 6.07) is 1.65. The number of furan rings is 1. The van der Waals surface area contributed by atoms with Gasteiger partial charge in [-0.15, -0.1) is 0 Å². The maximum atomic E-state index is 11.6. The molecule has 7 heteroatoms. The molecule has 0 spiro atoms. The van der Waals surface area contributed by atoms with E-state index in [0.717, 1.165) is 0 Å². The van der Waals surface area contributed by atoms with E-state index in [1.165, 1.54) is 20.5 Å². The first-order valence-electron chi connectivity index (χ1n) is 5.56. The highest BCUT2D eigenvalue weighted by molar-refractivity contribution is 6.33. The predicted octanol–water partition coefficient (Wildman–Crippen LogP) is 2.92. The van der Waals surface area contributed by atoms with Crippen LogP contribution in [0.1, 0.15) is 0 Å². The molecule has 0 radical (unpaired) electrons. The van der Waals surface area contributed by atoms with Crippen molar-refractivity contribution in [2.24, 2.45) is 0 Å². The Morgan fingerprint density at radius 3 is 2.55 bits per heavy atom. The van der Waals surface area contributed by atoms with Crippen LogP contribution in [0.4, 0.5) is 0 Å². The van der Waals surface area contributed by atoms with Crippen molar-refractivity contribution in [2.75, 3.05) is 14.2 Å². The van der Waals surface area contributed by atoms with Crippen molar-refractivity contribution in [2.45, 2.75) is 0 Å². The lowest BCUT2D eigenvalue weighted by Crippen LogP contribution is -2.02. The van der Waals surface area contributed by atoms with E-state index in [-0.39, 0.29) is 22.5 Å². The van der Waals surface area contributed by atoms with E-state index in [0.29, 0.717) is 11.0 Å². The molecule has 0 unspecified atom stereocenters. The van der Waals surface area contributed by atoms with Gasteiger partial charge in [-0.2, -0.15) is 0 Å². The molecule has 6 nitrogen and oxygen atoms in total. The quantitative estimate of drug-likeness (QED) is 0.732. The fraction of sp³-hybridized carbons (Fsp3) is 0.154. The van der Waals surface area contributed by atoms with E-state index in [1.54, 1.807) is 6.07 Å². The highest BCUT2D eigenvalue weighted by atomic mass is 35.5. The molecule has 20 heavy (non-hydrogen) atoms. The van der Waals surface area contributed by atoms with Crippen molar-refractivity contribution in [1.29, 1.82) is 0 Å². The highest BCUT2D eigenvalue weighted by Gasteiger charge is 2.25. The first kappa shape index (κ1) is 12.7. The molecular weight excluding hydrogens is 288 g/mol. The van der Waals surface area contributed by atoms with Gasteiger partial charge in [0.25, 0.3) is 0 Å². The summed E-state index contributed by atoms with van der Waals surface area (Å²) in [5, 5.41) is 10.4. The van der Waals surface area contributed by atoms with Crippen LogP contribution in [-0.4, -0.2) is 19.3 Å². The van der Waals surface area contributed by atoms with E-state index < -0.39 is 16.4 Å². The molecule has 2 aromatic heterocycles. The van der Waals surface area contributed by atoms with Crippen molar-refractivity contribution >= 4 is 33.5 Å². The average molecular weight is 297 g/mol. The molecule has 0 saturated heterocycles. The molecule has 3 aromatic rings. The minimum Gasteiger partial charge on any atom is -0.505 e. The molecule has 3 rings (SSSR count). The molecule has 0 atom stereocenters. The fourth-order valence-electron chi connectivity index (χ4n) is 2.17. The van der Waals surface area contributed by atoms with Crippen molar-refractivity contribution in [1.82, 2.24) is 0 Å². The average Bonchev–Trinajstić information content (AvgIpc) is 2.91. The van der Waals surface area contributed by atoms with Gasteiger partial charge in [0.15, 0.2) is 21.9 Å². The molecule has 2 heterocycles. The predicted molar refractivity (Wildman–Crippen MR) is 72.0 cm³/mol. The number of halogens is 1. The van der Waals surface area contributed by atoms with Crippen molar-refractivity contribution in [3.05, 3.63) is 27.8 Å². The van der Waals surface area contributed by atoms with Gasteiger partial charge in [0.05, 0.1) is 25.9 Å². The second-order valence-electron chi connectivity index (χ2n) is 3.99. The smallest absolute Gasteiger partial charge is 0.359 e. The minimum absolute atomic E-state index is 0.0127. The largest absolute Gasteiger partial charge is 0.505 e. The molecule has 1 aromatic carbocycles. The molecule has 0 aliphatic carbocycles. The van der Waals surface area contributed by atoms with Gasteiger partial charge in [-0.25, -0.2) is 4.79 Å². The van der Waals surface area contributed by atoms with Crippen LogP contribution in [0.3, 0.4) is 0 Å². The molecule has 0 saturated carbocycles. The van der Waals surface area contributed by atoms with Crippen LogP contribution in [0, 0.1) is 0 Å². The lowest BCUT2D eigenvalue weighted by molar-refractivity contribution is 0.394. The summed E-state index contributed by atoms with van der Waals surface area (Å²) in [5.41, 5.74) is -0.511. The van der Waals surface area contributed by atoms with Crippen molar-refractivity contribution in [3.8, 4) is 17.2 Å². The molecule has 0 amide bonds. The minimum atomic E-state index is -0.872. The van der Waals surface area contributed by atoms with Gasteiger partial charge in [0.2, 0.25) is 5.75 Å². The van der Waals surface area contributed by atoms with E-state index in [4.69, 9.17) is 29.9 Å². The summed E-state index contributed by atoms with van der Waals surface area (Å²) >= 11 is 5.73. The van der Waals surface area contributed by atoms with Crippen LogP contribution in [0.2, 0.25) is 5.02 Å². The van der Waals surface area contributed by atoms with Gasteiger partial charge in [-0.05, 0) is 6.07 Å². The molecule has 0 bridgehead atoms. The monoisotopic (exact) mass is 296 g/mol. The number of methoxy groups -OCH3 is 2. The topological polar surface area (TPSA) is 82.0 Å². The van der Waals surface area contributed by atoms with Crippen LogP contribution in [-0.2, 0) is 0 Å². The zero-order valence-electron chi connectivity index (χ0n) is 10.5. The van der Waals surface area contributed by atoms with E-state index in [9.17, 15) is 9.90 Å². The van der Waals surface area contributed by atoms with Crippen LogP contribution < -0.4 is 15.1 Å². The number of hydrogen-bond acceptors (Lipinski definition) is 6. The van der Waals surface area contributed by atoms with Gasteiger partial charge < -0.3 is 23.4 Å². The Morgan fingerprint density at radius 2 is 1.90 bits per heavy atom. The number of rotatable bonds is 2. The zero-order valence-corrected chi connectivity index (χ0v) is 11.3. The lowest BCUT2D eigenvalue weighted by Gasteiger charge is -2.11. The molecule has 1 N–H and O–H groups in total. The molecule has 0 aliphatic rings. The van der Waals surface area contributed by atoms with E-state index in [1.807, 2.05) is 0 Å². The maximum absolute atomic E-state index is 11.6. The SMILES string of the molecule is COc1c2occc2c(OC)c2c(O)c(Cl)c(=O)oc12. The van der Waals surface area contributed by atoms with Crippen LogP contribution in [0.5, 0.6) is 17.2 Å². The third-order valence-corrected chi connectivity index (χ3v) is 3.34. The number of fused-ring (bicyclic) bond motifs is 2. The fourth-order valence-corrected chi connectivity index (χ4v) is 2.31. The Balaban J connectivity index is 2.70. The van der Waals surface area contributed by atoms with Gasteiger partial charge >= 0.3 is 5.63 Å². The van der Waals surface area contributed by atoms with Gasteiger partial charge in [-0.1, -0.05) is 11.6 Å². The van der Waals surface area contributed by atoms with Crippen LogP contribution >= 0.6 is 11.6 Å². The number of aromatic hydroxyl groups is 1. The molecular formula is C13H9ClO6. The van der Waals surface area contributed by atoms with Crippen molar-refractivity contribution < 1.29 is 23.4 Å². The molecule has 0 fully saturated rings. The second-order valence-corrected chi connectivity index (χ2v) is 4.36. The summed E-state index contributed by atoms with van der Waals surface area (Å²) < 4.78 is 20.9. The Bertz CT molecular complexity index is 876. The van der Waals surface area contributed by atoms with Crippen molar-refractivity contribution in [3.63, 3.8) is 0 Å².